The number of hydrogen-bond donors (Lipinski definition) is 12. The van der Waals surface area contributed by atoms with E-state index in [9.17, 15) is 61.0 Å². The van der Waals surface area contributed by atoms with E-state index in [2.05, 4.69) is 92.1 Å². The first-order valence-electron chi connectivity index (χ1n) is 25.8. The van der Waals surface area contributed by atoms with Crippen molar-refractivity contribution in [1.29, 1.82) is 0 Å². The Bertz CT molecular complexity index is 1650. The predicted molar refractivity (Wildman–Crippen MR) is 268 cm³/mol. The smallest absolute Gasteiger partial charge is 0.220 e. The largest absolute Gasteiger partial charge is 0.394 e. The van der Waals surface area contributed by atoms with E-state index in [1.165, 1.54) is 0 Å². The summed E-state index contributed by atoms with van der Waals surface area (Å²) in [5.74, 6) is -0.316. The first kappa shape index (κ1) is 63.3. The van der Waals surface area contributed by atoms with Gasteiger partial charge in [0.2, 0.25) is 5.91 Å². The molecule has 19 nitrogen and oxygen atoms in total. The van der Waals surface area contributed by atoms with Crippen LogP contribution >= 0.6 is 0 Å². The van der Waals surface area contributed by atoms with E-state index in [0.717, 1.165) is 64.2 Å². The van der Waals surface area contributed by atoms with Gasteiger partial charge in [-0.25, -0.2) is 0 Å². The molecule has 0 bridgehead atoms. The quantitative estimate of drug-likeness (QED) is 0.0324. The highest BCUT2D eigenvalue weighted by molar-refractivity contribution is 5.76. The Kier molecular flexibility index (Phi) is 32.4. The van der Waals surface area contributed by atoms with Crippen LogP contribution in [0.15, 0.2) is 85.1 Å². The molecule has 3 fully saturated rings. The highest BCUT2D eigenvalue weighted by atomic mass is 16.8. The zero-order valence-electron chi connectivity index (χ0n) is 42.1. The number of amides is 1. The first-order chi connectivity index (χ1) is 34.8. The number of carbonyl (C=O) groups excluding carboxylic acids is 1. The molecule has 0 aromatic carbocycles. The van der Waals surface area contributed by atoms with Gasteiger partial charge < -0.3 is 89.9 Å². The maximum atomic E-state index is 13.1. The van der Waals surface area contributed by atoms with Crippen LogP contribution in [0, 0.1) is 0 Å². The summed E-state index contributed by atoms with van der Waals surface area (Å²) in [7, 11) is 0. The van der Waals surface area contributed by atoms with E-state index in [-0.39, 0.29) is 18.9 Å². The van der Waals surface area contributed by atoms with E-state index < -0.39 is 124 Å². The molecule has 3 saturated heterocycles. The topological polar surface area (TPSA) is 307 Å². The number of rotatable bonds is 34. The van der Waals surface area contributed by atoms with Crippen molar-refractivity contribution in [3.8, 4) is 0 Å². The molecular weight excluding hydrogens is 939 g/mol. The lowest BCUT2D eigenvalue weighted by Crippen LogP contribution is -2.66. The van der Waals surface area contributed by atoms with Crippen LogP contribution in [-0.4, -0.2) is 193 Å². The molecular formula is C53H87NO18. The van der Waals surface area contributed by atoms with Crippen molar-refractivity contribution < 1.29 is 89.4 Å². The maximum absolute atomic E-state index is 13.1. The Morgan fingerprint density at radius 1 is 0.514 bits per heavy atom. The minimum absolute atomic E-state index is 0.178. The molecule has 3 aliphatic rings. The van der Waals surface area contributed by atoms with Crippen LogP contribution in [0.2, 0.25) is 0 Å². The SMILES string of the molecule is CC/C=C\C/C=C\C/C=C\C/C=C\C/C=C\C/C=C\C/C=C\CCCC(=O)NC(COC1OC(CO)C(OC2OC(CO)C(OC3OC(CO)C(O)C(O)C3O)C(O)C2O)C(O)C1O)C(O)CCCCCC. The number of hydrogen-bond acceptors (Lipinski definition) is 18. The fraction of sp³-hybridized carbons (Fsp3) is 0.717. The average Bonchev–Trinajstić information content (AvgIpc) is 3.38. The van der Waals surface area contributed by atoms with Crippen LogP contribution in [0.5, 0.6) is 0 Å². The molecule has 19 heteroatoms. The van der Waals surface area contributed by atoms with E-state index in [0.29, 0.717) is 25.7 Å². The summed E-state index contributed by atoms with van der Waals surface area (Å²) in [6.07, 6.45) is 15.0. The molecule has 17 atom stereocenters. The molecule has 0 aromatic heterocycles. The monoisotopic (exact) mass is 1030 g/mol. The van der Waals surface area contributed by atoms with E-state index in [4.69, 9.17) is 28.4 Å². The number of aliphatic hydroxyl groups excluding tert-OH is 11. The third-order valence-corrected chi connectivity index (χ3v) is 12.5. The molecule has 3 aliphatic heterocycles. The second-order valence-corrected chi connectivity index (χ2v) is 18.3. The minimum atomic E-state index is -1.98. The van der Waals surface area contributed by atoms with Gasteiger partial charge in [-0.2, -0.15) is 0 Å². The van der Waals surface area contributed by atoms with Gasteiger partial charge in [-0.15, -0.1) is 0 Å². The van der Waals surface area contributed by atoms with Crippen LogP contribution in [0.3, 0.4) is 0 Å². The van der Waals surface area contributed by atoms with Crippen LogP contribution in [0.1, 0.15) is 110 Å². The standard InChI is InChI=1S/C53H87NO18/c1-3-5-7-9-10-11-12-13-14-15-16-17-18-19-20-21-22-23-24-25-26-27-29-31-41(59)54-36(37(58)30-28-8-6-4-2)35-67-51-47(65)44(62)49(39(33-56)69-51)72-53-48(66)45(63)50(40(34-57)70-53)71-52-46(64)43(61)42(60)38(32-55)68-52/h5,7,10-11,13-14,16-17,19-20,22-23,25-26,36-40,42-53,55-58,60-66H,3-4,6,8-9,12,15,18,21,24,27-35H2,1-2H3,(H,54,59)/b7-5-,11-10-,14-13-,17-16-,20-19-,23-22-,26-25-. The Labute approximate surface area is 425 Å². The molecule has 0 aliphatic carbocycles. The summed E-state index contributed by atoms with van der Waals surface area (Å²) < 4.78 is 33.9. The molecule has 72 heavy (non-hydrogen) atoms. The van der Waals surface area contributed by atoms with Crippen LogP contribution < -0.4 is 5.32 Å². The fourth-order valence-corrected chi connectivity index (χ4v) is 8.18. The summed E-state index contributed by atoms with van der Waals surface area (Å²) in [4.78, 5) is 13.1. The van der Waals surface area contributed by atoms with Gasteiger partial charge >= 0.3 is 0 Å². The molecule has 0 radical (unpaired) electrons. The number of carbonyl (C=O) groups is 1. The van der Waals surface area contributed by atoms with Crippen molar-refractivity contribution in [3.05, 3.63) is 85.1 Å². The molecule has 12 N–H and O–H groups in total. The number of allylic oxidation sites excluding steroid dienone is 14. The number of aliphatic hydroxyl groups is 11. The van der Waals surface area contributed by atoms with E-state index >= 15 is 0 Å². The Hall–Kier alpha value is -3.03. The van der Waals surface area contributed by atoms with Gasteiger partial charge in [0.15, 0.2) is 18.9 Å². The second-order valence-electron chi connectivity index (χ2n) is 18.3. The number of ether oxygens (including phenoxy) is 6. The van der Waals surface area contributed by atoms with Crippen molar-refractivity contribution in [3.63, 3.8) is 0 Å². The second kappa shape index (κ2) is 36.8. The van der Waals surface area contributed by atoms with Gasteiger partial charge in [0.1, 0.15) is 73.2 Å². The van der Waals surface area contributed by atoms with Gasteiger partial charge in [0, 0.05) is 6.42 Å². The van der Waals surface area contributed by atoms with Crippen molar-refractivity contribution in [2.45, 2.75) is 214 Å². The van der Waals surface area contributed by atoms with Crippen molar-refractivity contribution in [2.75, 3.05) is 26.4 Å². The van der Waals surface area contributed by atoms with Crippen LogP contribution in [0.4, 0.5) is 0 Å². The Morgan fingerprint density at radius 3 is 1.42 bits per heavy atom. The Morgan fingerprint density at radius 2 is 0.944 bits per heavy atom. The molecule has 0 spiro atoms. The highest BCUT2D eigenvalue weighted by Gasteiger charge is 2.53. The lowest BCUT2D eigenvalue weighted by atomic mass is 9.96. The predicted octanol–water partition coefficient (Wildman–Crippen LogP) is 2.08. The lowest BCUT2D eigenvalue weighted by molar-refractivity contribution is -0.379. The highest BCUT2D eigenvalue weighted by Crippen LogP contribution is 2.33. The molecule has 17 unspecified atom stereocenters. The third kappa shape index (κ3) is 22.0. The van der Waals surface area contributed by atoms with Crippen molar-refractivity contribution >= 4 is 5.91 Å². The Balaban J connectivity index is 1.45. The van der Waals surface area contributed by atoms with Crippen LogP contribution in [-0.2, 0) is 33.2 Å². The zero-order valence-corrected chi connectivity index (χ0v) is 42.1. The summed E-state index contributed by atoms with van der Waals surface area (Å²) in [5.41, 5.74) is 0. The summed E-state index contributed by atoms with van der Waals surface area (Å²) in [5, 5.41) is 119. The van der Waals surface area contributed by atoms with Crippen LogP contribution in [0.25, 0.3) is 0 Å². The molecule has 3 rings (SSSR count). The average molecular weight is 1030 g/mol. The van der Waals surface area contributed by atoms with Crippen molar-refractivity contribution in [1.82, 2.24) is 5.32 Å². The normalized spacial score (nSPS) is 32.7. The molecule has 0 aromatic rings. The molecule has 0 saturated carbocycles. The minimum Gasteiger partial charge on any atom is -0.394 e. The third-order valence-electron chi connectivity index (χ3n) is 12.5. The fourth-order valence-electron chi connectivity index (χ4n) is 8.18. The molecule has 3 heterocycles. The first-order valence-corrected chi connectivity index (χ1v) is 25.8. The van der Waals surface area contributed by atoms with Gasteiger partial charge in [-0.05, 0) is 64.2 Å². The van der Waals surface area contributed by atoms with Gasteiger partial charge in [0.05, 0.1) is 38.6 Å². The summed E-state index contributed by atoms with van der Waals surface area (Å²) >= 11 is 0. The number of unbranched alkanes of at least 4 members (excludes halogenated alkanes) is 4. The van der Waals surface area contributed by atoms with Crippen molar-refractivity contribution in [2.24, 2.45) is 0 Å². The molecule has 412 valence electrons. The van der Waals surface area contributed by atoms with E-state index in [1.807, 2.05) is 12.2 Å². The number of nitrogens with one attached hydrogen (secondary N) is 1. The van der Waals surface area contributed by atoms with E-state index in [1.54, 1.807) is 0 Å². The van der Waals surface area contributed by atoms with Gasteiger partial charge in [-0.1, -0.05) is 125 Å². The van der Waals surface area contributed by atoms with Gasteiger partial charge in [0.25, 0.3) is 0 Å². The lowest BCUT2D eigenvalue weighted by Gasteiger charge is -2.48. The maximum Gasteiger partial charge on any atom is 0.220 e. The summed E-state index contributed by atoms with van der Waals surface area (Å²) in [6.45, 7) is 1.43. The van der Waals surface area contributed by atoms with Gasteiger partial charge in [-0.3, -0.25) is 4.79 Å². The summed E-state index contributed by atoms with van der Waals surface area (Å²) in [6, 6.07) is -0.918. The zero-order chi connectivity index (χ0) is 52.7. The molecule has 1 amide bonds.